The molecule has 0 unspecified atom stereocenters. The summed E-state index contributed by atoms with van der Waals surface area (Å²) in [5.41, 5.74) is 1.06. The smallest absolute Gasteiger partial charge is 0.233 e. The maximum absolute atomic E-state index is 12.7. The van der Waals surface area contributed by atoms with Gasteiger partial charge in [-0.2, -0.15) is 0 Å². The van der Waals surface area contributed by atoms with Gasteiger partial charge < -0.3 is 15.5 Å². The van der Waals surface area contributed by atoms with Crippen molar-refractivity contribution in [2.24, 2.45) is 0 Å². The second kappa shape index (κ2) is 9.72. The van der Waals surface area contributed by atoms with Crippen LogP contribution in [0.2, 0.25) is 0 Å². The molecule has 2 N–H and O–H groups in total. The monoisotopic (exact) mass is 289 g/mol. The zero-order valence-corrected chi connectivity index (χ0v) is 12.1. The molecule has 1 amide bonds. The van der Waals surface area contributed by atoms with Crippen molar-refractivity contribution in [2.75, 3.05) is 33.7 Å². The number of amides is 1. The Bertz CT molecular complexity index is 373. The van der Waals surface area contributed by atoms with Crippen molar-refractivity contribution in [1.29, 1.82) is 0 Å². The van der Waals surface area contributed by atoms with Crippen LogP contribution >= 0.6 is 12.4 Å². The number of carbonyl (C=O) groups is 1. The zero-order valence-electron chi connectivity index (χ0n) is 11.3. The van der Waals surface area contributed by atoms with Gasteiger partial charge in [0.1, 0.15) is 5.82 Å². The molecule has 0 bridgehead atoms. The highest BCUT2D eigenvalue weighted by Crippen LogP contribution is 2.04. The van der Waals surface area contributed by atoms with Gasteiger partial charge in [0, 0.05) is 19.6 Å². The lowest BCUT2D eigenvalue weighted by molar-refractivity contribution is -0.120. The van der Waals surface area contributed by atoms with Crippen LogP contribution in [0.5, 0.6) is 0 Å². The van der Waals surface area contributed by atoms with Gasteiger partial charge in [0.25, 0.3) is 0 Å². The average molecular weight is 290 g/mol. The summed E-state index contributed by atoms with van der Waals surface area (Å²) < 4.78 is 12.7. The van der Waals surface area contributed by atoms with Crippen LogP contribution in [0.25, 0.3) is 0 Å². The van der Waals surface area contributed by atoms with Crippen LogP contribution in [0.15, 0.2) is 24.3 Å². The molecule has 0 aliphatic rings. The highest BCUT2D eigenvalue weighted by Gasteiger charge is 2.02. The Kier molecular flexibility index (Phi) is 9.12. The first-order valence-corrected chi connectivity index (χ1v) is 5.96. The second-order valence-corrected chi connectivity index (χ2v) is 4.24. The van der Waals surface area contributed by atoms with Crippen molar-refractivity contribution in [1.82, 2.24) is 15.5 Å². The number of likely N-dealkylation sites (N-methyl/N-ethyl adjacent to an activating group) is 2. The van der Waals surface area contributed by atoms with Crippen LogP contribution in [0.3, 0.4) is 0 Å². The molecule has 1 aromatic carbocycles. The van der Waals surface area contributed by atoms with Gasteiger partial charge in [0.05, 0.1) is 6.54 Å². The van der Waals surface area contributed by atoms with E-state index in [1.165, 1.54) is 12.1 Å². The van der Waals surface area contributed by atoms with Crippen LogP contribution < -0.4 is 10.6 Å². The quantitative estimate of drug-likeness (QED) is 0.788. The minimum absolute atomic E-state index is 0. The number of hydrogen-bond acceptors (Lipinski definition) is 3. The van der Waals surface area contributed by atoms with E-state index in [-0.39, 0.29) is 24.1 Å². The Hall–Kier alpha value is -1.17. The highest BCUT2D eigenvalue weighted by atomic mass is 35.5. The number of rotatable bonds is 7. The predicted octanol–water partition coefficient (Wildman–Crippen LogP) is 1.01. The normalized spacial score (nSPS) is 10.1. The van der Waals surface area contributed by atoms with Crippen molar-refractivity contribution >= 4 is 18.3 Å². The van der Waals surface area contributed by atoms with Gasteiger partial charge in [-0.15, -0.1) is 12.4 Å². The molecule has 1 rings (SSSR count). The van der Waals surface area contributed by atoms with E-state index in [4.69, 9.17) is 0 Å². The molecule has 0 fully saturated rings. The van der Waals surface area contributed by atoms with E-state index in [1.54, 1.807) is 19.2 Å². The van der Waals surface area contributed by atoms with E-state index < -0.39 is 0 Å². The summed E-state index contributed by atoms with van der Waals surface area (Å²) in [6.07, 6.45) is 0. The molecule has 0 spiro atoms. The summed E-state index contributed by atoms with van der Waals surface area (Å²) in [7, 11) is 3.70. The second-order valence-electron chi connectivity index (χ2n) is 4.24. The third kappa shape index (κ3) is 7.77. The summed E-state index contributed by atoms with van der Waals surface area (Å²) in [4.78, 5) is 13.3. The molecule has 0 heterocycles. The molecule has 4 nitrogen and oxygen atoms in total. The van der Waals surface area contributed by atoms with E-state index in [0.717, 1.165) is 18.7 Å². The molecule has 0 saturated carbocycles. The zero-order chi connectivity index (χ0) is 13.4. The van der Waals surface area contributed by atoms with E-state index in [1.807, 2.05) is 7.05 Å². The minimum Gasteiger partial charge on any atom is -0.354 e. The molecule has 108 valence electrons. The number of nitrogens with zero attached hydrogens (tertiary/aromatic N) is 1. The van der Waals surface area contributed by atoms with Crippen LogP contribution in [-0.4, -0.2) is 44.5 Å². The Morgan fingerprint density at radius 2 is 1.95 bits per heavy atom. The van der Waals surface area contributed by atoms with E-state index in [2.05, 4.69) is 15.5 Å². The largest absolute Gasteiger partial charge is 0.354 e. The summed E-state index contributed by atoms with van der Waals surface area (Å²) in [6.45, 7) is 2.44. The SMILES string of the molecule is CNCC(=O)NCCN(C)Cc1ccc(F)cc1.Cl. The summed E-state index contributed by atoms with van der Waals surface area (Å²) in [6, 6.07) is 6.45. The van der Waals surface area contributed by atoms with Crippen LogP contribution in [0.4, 0.5) is 4.39 Å². The van der Waals surface area contributed by atoms with Gasteiger partial charge in [-0.1, -0.05) is 12.1 Å². The molecule has 0 radical (unpaired) electrons. The Morgan fingerprint density at radius 1 is 1.32 bits per heavy atom. The molecule has 19 heavy (non-hydrogen) atoms. The average Bonchev–Trinajstić information content (AvgIpc) is 2.32. The van der Waals surface area contributed by atoms with Gasteiger partial charge in [0.2, 0.25) is 5.91 Å². The topological polar surface area (TPSA) is 44.4 Å². The first-order valence-electron chi connectivity index (χ1n) is 5.96. The fraction of sp³-hybridized carbons (Fsp3) is 0.462. The van der Waals surface area contributed by atoms with Gasteiger partial charge in [-0.05, 0) is 31.8 Å². The van der Waals surface area contributed by atoms with Crippen molar-refractivity contribution < 1.29 is 9.18 Å². The molecule has 0 atom stereocenters. The highest BCUT2D eigenvalue weighted by molar-refractivity contribution is 5.85. The fourth-order valence-electron chi connectivity index (χ4n) is 1.59. The van der Waals surface area contributed by atoms with E-state index >= 15 is 0 Å². The van der Waals surface area contributed by atoms with E-state index in [0.29, 0.717) is 13.1 Å². The Morgan fingerprint density at radius 3 is 2.53 bits per heavy atom. The Balaban J connectivity index is 0.00000324. The molecule has 0 aliphatic heterocycles. The van der Waals surface area contributed by atoms with E-state index in [9.17, 15) is 9.18 Å². The van der Waals surface area contributed by atoms with Crippen molar-refractivity contribution in [2.45, 2.75) is 6.54 Å². The maximum atomic E-state index is 12.7. The maximum Gasteiger partial charge on any atom is 0.233 e. The number of hydrogen-bond donors (Lipinski definition) is 2. The van der Waals surface area contributed by atoms with Crippen LogP contribution in [-0.2, 0) is 11.3 Å². The van der Waals surface area contributed by atoms with Gasteiger partial charge >= 0.3 is 0 Å². The first kappa shape index (κ1) is 17.8. The predicted molar refractivity (Wildman–Crippen MR) is 76.9 cm³/mol. The number of halogens is 2. The summed E-state index contributed by atoms with van der Waals surface area (Å²) >= 11 is 0. The molecule has 1 aromatic rings. The summed E-state index contributed by atoms with van der Waals surface area (Å²) in [5.74, 6) is -0.228. The number of benzene rings is 1. The van der Waals surface area contributed by atoms with Crippen LogP contribution in [0, 0.1) is 5.82 Å². The lowest BCUT2D eigenvalue weighted by atomic mass is 10.2. The molecule has 0 aromatic heterocycles. The lowest BCUT2D eigenvalue weighted by Crippen LogP contribution is -2.37. The number of nitrogens with one attached hydrogen (secondary N) is 2. The minimum atomic E-state index is -0.222. The van der Waals surface area contributed by atoms with Gasteiger partial charge in [-0.3, -0.25) is 4.79 Å². The van der Waals surface area contributed by atoms with Gasteiger partial charge in [-0.25, -0.2) is 4.39 Å². The third-order valence-corrected chi connectivity index (χ3v) is 2.52. The summed E-state index contributed by atoms with van der Waals surface area (Å²) in [5, 5.41) is 5.60. The first-order chi connectivity index (χ1) is 8.61. The van der Waals surface area contributed by atoms with Crippen LogP contribution in [0.1, 0.15) is 5.56 Å². The lowest BCUT2D eigenvalue weighted by Gasteiger charge is -2.17. The Labute approximate surface area is 119 Å². The standard InChI is InChI=1S/C13H20FN3O.ClH/c1-15-9-13(18)16-7-8-17(2)10-11-3-5-12(14)6-4-11;/h3-6,15H,7-10H2,1-2H3,(H,16,18);1H. The van der Waals surface area contributed by atoms with Gasteiger partial charge in [0.15, 0.2) is 0 Å². The molecule has 6 heteroatoms. The molecule has 0 aliphatic carbocycles. The third-order valence-electron chi connectivity index (χ3n) is 2.52. The van der Waals surface area contributed by atoms with Crippen molar-refractivity contribution in [3.05, 3.63) is 35.6 Å². The molecule has 0 saturated heterocycles. The van der Waals surface area contributed by atoms with Crippen molar-refractivity contribution in [3.63, 3.8) is 0 Å². The molecular formula is C13H21ClFN3O. The number of carbonyl (C=O) groups excluding carboxylic acids is 1. The van der Waals surface area contributed by atoms with Crippen molar-refractivity contribution in [3.8, 4) is 0 Å². The fourth-order valence-corrected chi connectivity index (χ4v) is 1.59. The molecular weight excluding hydrogens is 269 g/mol.